The van der Waals surface area contributed by atoms with E-state index in [2.05, 4.69) is 24.3 Å². The Morgan fingerprint density at radius 3 is 1.54 bits per heavy atom. The summed E-state index contributed by atoms with van der Waals surface area (Å²) in [5, 5.41) is 0. The second-order valence-electron chi connectivity index (χ2n) is 6.72. The Labute approximate surface area is 153 Å². The monoisotopic (exact) mass is 346 g/mol. The molecular weight excluding hydrogens is 324 g/mol. The van der Waals surface area contributed by atoms with Crippen molar-refractivity contribution in [1.29, 1.82) is 0 Å². The Balaban J connectivity index is 1.61. The van der Waals surface area contributed by atoms with Crippen molar-refractivity contribution in [3.63, 3.8) is 0 Å². The van der Waals surface area contributed by atoms with E-state index in [-0.39, 0.29) is 12.1 Å². The molecule has 2 unspecified atom stereocenters. The van der Waals surface area contributed by atoms with Crippen LogP contribution in [0.1, 0.15) is 37.1 Å². The lowest BCUT2D eigenvalue weighted by Gasteiger charge is -2.08. The summed E-state index contributed by atoms with van der Waals surface area (Å²) in [4.78, 5) is 9.60. The van der Waals surface area contributed by atoms with Gasteiger partial charge in [0.25, 0.3) is 0 Å². The fraction of sp³-hybridized carbons (Fsp3) is 0.273. The van der Waals surface area contributed by atoms with Crippen molar-refractivity contribution in [2.75, 3.05) is 13.2 Å². The average Bonchev–Trinajstić information content (AvgIpc) is 3.34. The van der Waals surface area contributed by atoms with E-state index in [1.165, 1.54) is 0 Å². The van der Waals surface area contributed by atoms with Crippen molar-refractivity contribution in [2.24, 2.45) is 9.98 Å². The first-order valence-electron chi connectivity index (χ1n) is 8.91. The number of rotatable bonds is 4. The molecule has 132 valence electrons. The zero-order valence-electron chi connectivity index (χ0n) is 15.1. The van der Waals surface area contributed by atoms with E-state index in [1.54, 1.807) is 0 Å². The highest BCUT2D eigenvalue weighted by atomic mass is 16.5. The summed E-state index contributed by atoms with van der Waals surface area (Å²) in [7, 11) is 0. The Morgan fingerprint density at radius 1 is 0.731 bits per heavy atom. The van der Waals surface area contributed by atoms with Gasteiger partial charge in [0.05, 0.1) is 5.57 Å². The van der Waals surface area contributed by atoms with Crippen LogP contribution < -0.4 is 0 Å². The standard InChI is InChI=1S/C22H22N2O2/c1-15(2)20(21-23-18(13-25-21)16-9-5-3-6-10-16)22-24-19(14-26-22)17-11-7-4-8-12-17/h3-12,18-19H,13-14H2,1-2H3. The van der Waals surface area contributed by atoms with Crippen molar-refractivity contribution < 1.29 is 9.47 Å². The van der Waals surface area contributed by atoms with Gasteiger partial charge in [-0.05, 0) is 25.0 Å². The third-order valence-corrected chi connectivity index (χ3v) is 4.60. The minimum absolute atomic E-state index is 0.0208. The largest absolute Gasteiger partial charge is 0.475 e. The summed E-state index contributed by atoms with van der Waals surface area (Å²) in [5.74, 6) is 1.26. The van der Waals surface area contributed by atoms with Gasteiger partial charge < -0.3 is 9.47 Å². The third kappa shape index (κ3) is 3.27. The summed E-state index contributed by atoms with van der Waals surface area (Å²) in [6.45, 7) is 5.18. The van der Waals surface area contributed by atoms with E-state index in [9.17, 15) is 0 Å². The number of ether oxygens (including phenoxy) is 2. The molecule has 2 aromatic carbocycles. The molecular formula is C22H22N2O2. The zero-order chi connectivity index (χ0) is 17.9. The normalized spacial score (nSPS) is 21.5. The molecule has 0 aliphatic carbocycles. The van der Waals surface area contributed by atoms with Gasteiger partial charge in [-0.15, -0.1) is 0 Å². The summed E-state index contributed by atoms with van der Waals surface area (Å²) in [5.41, 5.74) is 4.28. The van der Waals surface area contributed by atoms with E-state index in [0.29, 0.717) is 25.0 Å². The van der Waals surface area contributed by atoms with Crippen molar-refractivity contribution in [3.8, 4) is 0 Å². The van der Waals surface area contributed by atoms with Gasteiger partial charge in [-0.1, -0.05) is 66.2 Å². The molecule has 2 aromatic rings. The minimum Gasteiger partial charge on any atom is -0.475 e. The number of allylic oxidation sites excluding steroid dienone is 1. The van der Waals surface area contributed by atoms with Crippen molar-refractivity contribution in [3.05, 3.63) is 82.9 Å². The van der Waals surface area contributed by atoms with Crippen LogP contribution in [0.4, 0.5) is 0 Å². The molecule has 2 aliphatic heterocycles. The first kappa shape index (κ1) is 16.6. The number of nitrogens with zero attached hydrogens (tertiary/aromatic N) is 2. The summed E-state index contributed by atoms with van der Waals surface area (Å²) < 4.78 is 11.9. The minimum atomic E-state index is 0.0208. The Hall–Kier alpha value is -2.88. The number of hydrogen-bond acceptors (Lipinski definition) is 4. The van der Waals surface area contributed by atoms with Crippen LogP contribution in [0.2, 0.25) is 0 Å². The fourth-order valence-electron chi connectivity index (χ4n) is 3.23. The van der Waals surface area contributed by atoms with Crippen molar-refractivity contribution in [2.45, 2.75) is 25.9 Å². The van der Waals surface area contributed by atoms with Gasteiger partial charge in [0.1, 0.15) is 25.3 Å². The highest BCUT2D eigenvalue weighted by molar-refractivity contribution is 6.19. The highest BCUT2D eigenvalue weighted by Crippen LogP contribution is 2.30. The number of aliphatic imine (C=N–C) groups is 2. The van der Waals surface area contributed by atoms with E-state index in [4.69, 9.17) is 19.5 Å². The van der Waals surface area contributed by atoms with Crippen LogP contribution in [0.5, 0.6) is 0 Å². The maximum atomic E-state index is 5.93. The van der Waals surface area contributed by atoms with Crippen molar-refractivity contribution in [1.82, 2.24) is 0 Å². The molecule has 0 radical (unpaired) electrons. The highest BCUT2D eigenvalue weighted by Gasteiger charge is 2.31. The van der Waals surface area contributed by atoms with Gasteiger partial charge in [0.15, 0.2) is 0 Å². The molecule has 26 heavy (non-hydrogen) atoms. The SMILES string of the molecule is CC(C)=C(C1=NC(c2ccccc2)CO1)C1=NC(c2ccccc2)CO1. The van der Waals surface area contributed by atoms with Gasteiger partial charge in [-0.2, -0.15) is 0 Å². The van der Waals surface area contributed by atoms with E-state index in [1.807, 2.05) is 50.2 Å². The molecule has 2 heterocycles. The number of hydrogen-bond donors (Lipinski definition) is 0. The van der Waals surface area contributed by atoms with Gasteiger partial charge in [0.2, 0.25) is 11.8 Å². The van der Waals surface area contributed by atoms with Crippen LogP contribution in [0, 0.1) is 0 Å². The maximum absolute atomic E-state index is 5.93. The fourth-order valence-corrected chi connectivity index (χ4v) is 3.23. The van der Waals surface area contributed by atoms with Crippen molar-refractivity contribution >= 4 is 11.8 Å². The second kappa shape index (κ2) is 7.16. The van der Waals surface area contributed by atoms with Crippen LogP contribution in [0.15, 0.2) is 81.8 Å². The molecule has 2 atom stereocenters. The summed E-state index contributed by atoms with van der Waals surface area (Å²) in [6, 6.07) is 20.5. The molecule has 0 aromatic heterocycles. The van der Waals surface area contributed by atoms with E-state index in [0.717, 1.165) is 22.3 Å². The lowest BCUT2D eigenvalue weighted by molar-refractivity contribution is 0.309. The molecule has 0 spiro atoms. The van der Waals surface area contributed by atoms with E-state index >= 15 is 0 Å². The van der Waals surface area contributed by atoms with Crippen LogP contribution in [-0.2, 0) is 9.47 Å². The van der Waals surface area contributed by atoms with Gasteiger partial charge in [-0.3, -0.25) is 0 Å². The summed E-state index contributed by atoms with van der Waals surface area (Å²) >= 11 is 0. The van der Waals surface area contributed by atoms with Crippen LogP contribution in [0.25, 0.3) is 0 Å². The van der Waals surface area contributed by atoms with E-state index < -0.39 is 0 Å². The van der Waals surface area contributed by atoms with Crippen LogP contribution >= 0.6 is 0 Å². The molecule has 0 saturated carbocycles. The molecule has 0 fully saturated rings. The quantitative estimate of drug-likeness (QED) is 0.808. The molecule has 0 amide bonds. The molecule has 0 bridgehead atoms. The van der Waals surface area contributed by atoms with Gasteiger partial charge >= 0.3 is 0 Å². The first-order valence-corrected chi connectivity index (χ1v) is 8.91. The lowest BCUT2D eigenvalue weighted by Crippen LogP contribution is -2.15. The topological polar surface area (TPSA) is 43.2 Å². The molecule has 4 heteroatoms. The van der Waals surface area contributed by atoms with Crippen LogP contribution in [-0.4, -0.2) is 25.0 Å². The Kier molecular flexibility index (Phi) is 4.57. The lowest BCUT2D eigenvalue weighted by atomic mass is 10.1. The molecule has 0 saturated heterocycles. The summed E-state index contributed by atoms with van der Waals surface area (Å²) in [6.07, 6.45) is 0. The average molecular weight is 346 g/mol. The zero-order valence-corrected chi connectivity index (χ0v) is 15.1. The first-order chi connectivity index (χ1) is 12.7. The predicted octanol–water partition coefficient (Wildman–Crippen LogP) is 4.66. The number of benzene rings is 2. The van der Waals surface area contributed by atoms with Gasteiger partial charge in [0, 0.05) is 0 Å². The Bertz CT molecular complexity index is 798. The second-order valence-corrected chi connectivity index (χ2v) is 6.72. The molecule has 4 nitrogen and oxygen atoms in total. The third-order valence-electron chi connectivity index (χ3n) is 4.60. The molecule has 4 rings (SSSR count). The predicted molar refractivity (Wildman–Crippen MR) is 104 cm³/mol. The Morgan fingerprint density at radius 2 is 1.15 bits per heavy atom. The van der Waals surface area contributed by atoms with Crippen LogP contribution in [0.3, 0.4) is 0 Å². The van der Waals surface area contributed by atoms with Gasteiger partial charge in [-0.25, -0.2) is 9.98 Å². The molecule has 0 N–H and O–H groups in total. The molecule has 2 aliphatic rings. The maximum Gasteiger partial charge on any atom is 0.222 e. The smallest absolute Gasteiger partial charge is 0.222 e.